The number of nitrogens with two attached hydrogens (primary N) is 1. The van der Waals surface area contributed by atoms with Crippen molar-refractivity contribution >= 4 is 11.5 Å². The van der Waals surface area contributed by atoms with Crippen molar-refractivity contribution in [1.82, 2.24) is 9.88 Å². The molecular weight excluding hydrogens is 296 g/mol. The van der Waals surface area contributed by atoms with Crippen LogP contribution in [0.5, 0.6) is 0 Å². The average Bonchev–Trinajstić information content (AvgIpc) is 2.59. The lowest BCUT2D eigenvalue weighted by Crippen LogP contribution is -2.48. The Morgan fingerprint density at radius 1 is 1.12 bits per heavy atom. The van der Waals surface area contributed by atoms with Gasteiger partial charge in [-0.2, -0.15) is 0 Å². The Balaban J connectivity index is 1.65. The zero-order valence-corrected chi connectivity index (χ0v) is 14.7. The summed E-state index contributed by atoms with van der Waals surface area (Å²) in [5.41, 5.74) is 8.35. The minimum absolute atomic E-state index is 0.396. The van der Waals surface area contributed by atoms with Crippen molar-refractivity contribution in [2.24, 2.45) is 0 Å². The minimum Gasteiger partial charge on any atom is -0.396 e. The Morgan fingerprint density at radius 2 is 1.83 bits per heavy atom. The van der Waals surface area contributed by atoms with Gasteiger partial charge in [0.1, 0.15) is 0 Å². The monoisotopic (exact) mass is 324 g/mol. The van der Waals surface area contributed by atoms with E-state index in [2.05, 4.69) is 59.0 Å². The highest BCUT2D eigenvalue weighted by atomic mass is 15.3. The molecule has 1 aromatic heterocycles. The number of nitrogen functional groups attached to an aromatic ring is 1. The molecule has 24 heavy (non-hydrogen) atoms. The summed E-state index contributed by atoms with van der Waals surface area (Å²) in [7, 11) is 0. The van der Waals surface area contributed by atoms with E-state index in [0.717, 1.165) is 44.0 Å². The summed E-state index contributed by atoms with van der Waals surface area (Å²) in [6.45, 7) is 7.74. The molecule has 1 saturated heterocycles. The van der Waals surface area contributed by atoms with Gasteiger partial charge in [-0.15, -0.1) is 0 Å². The fourth-order valence-corrected chi connectivity index (χ4v) is 3.66. The molecule has 3 rings (SSSR count). The minimum atomic E-state index is 0.396. The number of hydrogen-bond donors (Lipinski definition) is 1. The van der Waals surface area contributed by atoms with Crippen LogP contribution >= 0.6 is 0 Å². The molecule has 0 amide bonds. The number of pyridine rings is 1. The Bertz CT molecular complexity index is 633. The maximum atomic E-state index is 6.18. The molecule has 1 aromatic carbocycles. The Morgan fingerprint density at radius 3 is 2.46 bits per heavy atom. The molecule has 4 nitrogen and oxygen atoms in total. The summed E-state index contributed by atoms with van der Waals surface area (Å²) in [6.07, 6.45) is 4.15. The van der Waals surface area contributed by atoms with Crippen LogP contribution in [-0.2, 0) is 6.54 Å². The number of piperidine rings is 1. The molecule has 1 aliphatic heterocycles. The third-order valence-corrected chi connectivity index (χ3v) is 4.82. The summed E-state index contributed by atoms with van der Waals surface area (Å²) in [5.74, 6) is 0.939. The molecule has 0 unspecified atom stereocenters. The van der Waals surface area contributed by atoms with Gasteiger partial charge in [0.2, 0.25) is 0 Å². The van der Waals surface area contributed by atoms with Crippen molar-refractivity contribution in [3.8, 4) is 0 Å². The van der Waals surface area contributed by atoms with E-state index < -0.39 is 0 Å². The van der Waals surface area contributed by atoms with E-state index in [1.165, 1.54) is 5.56 Å². The Labute approximate surface area is 145 Å². The second kappa shape index (κ2) is 7.67. The van der Waals surface area contributed by atoms with Crippen molar-refractivity contribution < 1.29 is 0 Å². The van der Waals surface area contributed by atoms with Gasteiger partial charge in [-0.05, 0) is 44.4 Å². The molecule has 2 N–H and O–H groups in total. The third kappa shape index (κ3) is 3.88. The molecule has 128 valence electrons. The SMILES string of the molecule is CC(C)N(c1ncccc1N)C1CCN(Cc2ccccc2)CC1. The second-order valence-electron chi connectivity index (χ2n) is 6.91. The number of benzene rings is 1. The van der Waals surface area contributed by atoms with Gasteiger partial charge in [-0.1, -0.05) is 30.3 Å². The number of rotatable bonds is 5. The van der Waals surface area contributed by atoms with E-state index in [9.17, 15) is 0 Å². The van der Waals surface area contributed by atoms with Gasteiger partial charge in [0.25, 0.3) is 0 Å². The van der Waals surface area contributed by atoms with Gasteiger partial charge in [-0.3, -0.25) is 4.90 Å². The summed E-state index contributed by atoms with van der Waals surface area (Å²) < 4.78 is 0. The largest absolute Gasteiger partial charge is 0.396 e. The van der Waals surface area contributed by atoms with E-state index in [4.69, 9.17) is 5.73 Å². The van der Waals surface area contributed by atoms with Gasteiger partial charge >= 0.3 is 0 Å². The standard InChI is InChI=1S/C20H28N4/c1-16(2)24(20-19(21)9-6-12-22-20)18-10-13-23(14-11-18)15-17-7-4-3-5-8-17/h3-9,12,16,18H,10-11,13-15,21H2,1-2H3. The molecule has 1 fully saturated rings. The van der Waals surface area contributed by atoms with Crippen LogP contribution in [0.3, 0.4) is 0 Å². The van der Waals surface area contributed by atoms with E-state index in [1.54, 1.807) is 0 Å². The highest BCUT2D eigenvalue weighted by Gasteiger charge is 2.28. The molecule has 0 radical (unpaired) electrons. The summed E-state index contributed by atoms with van der Waals surface area (Å²) in [5, 5.41) is 0. The van der Waals surface area contributed by atoms with Crippen molar-refractivity contribution in [2.75, 3.05) is 23.7 Å². The summed E-state index contributed by atoms with van der Waals surface area (Å²) in [6, 6.07) is 15.5. The lowest BCUT2D eigenvalue weighted by Gasteiger charge is -2.41. The van der Waals surface area contributed by atoms with E-state index in [1.807, 2.05) is 18.3 Å². The first-order chi connectivity index (χ1) is 11.6. The topological polar surface area (TPSA) is 45.4 Å². The third-order valence-electron chi connectivity index (χ3n) is 4.82. The maximum absolute atomic E-state index is 6.18. The molecule has 2 heterocycles. The number of hydrogen-bond acceptors (Lipinski definition) is 4. The Hall–Kier alpha value is -2.07. The van der Waals surface area contributed by atoms with Crippen LogP contribution in [0.25, 0.3) is 0 Å². The smallest absolute Gasteiger partial charge is 0.152 e. The lowest BCUT2D eigenvalue weighted by molar-refractivity contribution is 0.198. The van der Waals surface area contributed by atoms with Crippen LogP contribution in [0.2, 0.25) is 0 Å². The van der Waals surface area contributed by atoms with Gasteiger partial charge in [0.15, 0.2) is 5.82 Å². The normalized spacial score (nSPS) is 16.5. The molecule has 0 saturated carbocycles. The van der Waals surface area contributed by atoms with Crippen molar-refractivity contribution in [3.63, 3.8) is 0 Å². The van der Waals surface area contributed by atoms with Crippen molar-refractivity contribution in [2.45, 2.75) is 45.3 Å². The maximum Gasteiger partial charge on any atom is 0.152 e. The molecule has 1 aliphatic rings. The van der Waals surface area contributed by atoms with E-state index in [-0.39, 0.29) is 0 Å². The molecular formula is C20H28N4. The summed E-state index contributed by atoms with van der Waals surface area (Å²) in [4.78, 5) is 9.51. The van der Waals surface area contributed by atoms with Gasteiger partial charge in [0.05, 0.1) is 5.69 Å². The van der Waals surface area contributed by atoms with Gasteiger partial charge in [-0.25, -0.2) is 4.98 Å². The number of anilines is 2. The highest BCUT2D eigenvalue weighted by Crippen LogP contribution is 2.28. The quantitative estimate of drug-likeness (QED) is 0.914. The molecule has 0 atom stereocenters. The van der Waals surface area contributed by atoms with Crippen molar-refractivity contribution in [3.05, 3.63) is 54.2 Å². The zero-order valence-electron chi connectivity index (χ0n) is 14.7. The highest BCUT2D eigenvalue weighted by molar-refractivity contribution is 5.63. The first kappa shape index (κ1) is 16.8. The Kier molecular flexibility index (Phi) is 5.36. The van der Waals surface area contributed by atoms with E-state index >= 15 is 0 Å². The molecule has 0 bridgehead atoms. The average molecular weight is 324 g/mol. The molecule has 4 heteroatoms. The van der Waals surface area contributed by atoms with Gasteiger partial charge in [0, 0.05) is 37.9 Å². The molecule has 0 aliphatic carbocycles. The first-order valence-corrected chi connectivity index (χ1v) is 8.90. The number of nitrogens with zero attached hydrogens (tertiary/aromatic N) is 3. The molecule has 2 aromatic rings. The second-order valence-corrected chi connectivity index (χ2v) is 6.91. The first-order valence-electron chi connectivity index (χ1n) is 8.90. The number of aromatic nitrogens is 1. The van der Waals surface area contributed by atoms with Crippen LogP contribution < -0.4 is 10.6 Å². The fraction of sp³-hybridized carbons (Fsp3) is 0.450. The van der Waals surface area contributed by atoms with Crippen LogP contribution in [0.15, 0.2) is 48.7 Å². The summed E-state index contributed by atoms with van der Waals surface area (Å²) >= 11 is 0. The zero-order chi connectivity index (χ0) is 16.9. The van der Waals surface area contributed by atoms with E-state index in [0.29, 0.717) is 12.1 Å². The van der Waals surface area contributed by atoms with Crippen molar-refractivity contribution in [1.29, 1.82) is 0 Å². The van der Waals surface area contributed by atoms with Crippen LogP contribution in [0.4, 0.5) is 11.5 Å². The lowest BCUT2D eigenvalue weighted by atomic mass is 10.0. The predicted octanol–water partition coefficient (Wildman–Crippen LogP) is 3.54. The van der Waals surface area contributed by atoms with Crippen LogP contribution in [0, 0.1) is 0 Å². The molecule has 0 spiro atoms. The fourth-order valence-electron chi connectivity index (χ4n) is 3.66. The predicted molar refractivity (Wildman–Crippen MR) is 101 cm³/mol. The van der Waals surface area contributed by atoms with Crippen LogP contribution in [-0.4, -0.2) is 35.1 Å². The van der Waals surface area contributed by atoms with Crippen LogP contribution in [0.1, 0.15) is 32.3 Å². The van der Waals surface area contributed by atoms with Gasteiger partial charge < -0.3 is 10.6 Å². The number of likely N-dealkylation sites (tertiary alicyclic amines) is 1.